The first-order chi connectivity index (χ1) is 12.4. The predicted molar refractivity (Wildman–Crippen MR) is 102 cm³/mol. The number of aromatic nitrogens is 1. The van der Waals surface area contributed by atoms with E-state index in [2.05, 4.69) is 15.0 Å². The molecular weight excluding hydrogens is 374 g/mol. The van der Waals surface area contributed by atoms with Gasteiger partial charge in [0, 0.05) is 6.42 Å². The third kappa shape index (κ3) is 3.94. The van der Waals surface area contributed by atoms with Crippen LogP contribution in [0.25, 0.3) is 10.2 Å². The van der Waals surface area contributed by atoms with Crippen molar-refractivity contribution in [2.24, 2.45) is 0 Å². The summed E-state index contributed by atoms with van der Waals surface area (Å²) in [5.41, 5.74) is 1.00. The van der Waals surface area contributed by atoms with Crippen molar-refractivity contribution < 1.29 is 17.9 Å². The highest BCUT2D eigenvalue weighted by Gasteiger charge is 2.15. The Morgan fingerprint density at radius 3 is 2.58 bits per heavy atom. The number of amides is 1. The van der Waals surface area contributed by atoms with Crippen molar-refractivity contribution in [1.82, 2.24) is 4.98 Å². The van der Waals surface area contributed by atoms with Gasteiger partial charge in [-0.05, 0) is 42.5 Å². The number of hydrogen-bond acceptors (Lipinski definition) is 6. The van der Waals surface area contributed by atoms with Crippen LogP contribution in [0, 0.1) is 0 Å². The van der Waals surface area contributed by atoms with Gasteiger partial charge in [0.1, 0.15) is 5.75 Å². The Morgan fingerprint density at radius 1 is 1.19 bits per heavy atom. The Morgan fingerprint density at radius 2 is 1.92 bits per heavy atom. The van der Waals surface area contributed by atoms with Crippen LogP contribution in [0.1, 0.15) is 13.3 Å². The molecule has 1 amide bonds. The lowest BCUT2D eigenvalue weighted by Gasteiger charge is -2.08. The van der Waals surface area contributed by atoms with E-state index < -0.39 is 10.0 Å². The summed E-state index contributed by atoms with van der Waals surface area (Å²) in [6, 6.07) is 11.2. The first-order valence-electron chi connectivity index (χ1n) is 7.78. The van der Waals surface area contributed by atoms with E-state index in [4.69, 9.17) is 4.74 Å². The van der Waals surface area contributed by atoms with Gasteiger partial charge in [0.2, 0.25) is 5.91 Å². The molecule has 3 rings (SSSR count). The second kappa shape index (κ2) is 7.30. The van der Waals surface area contributed by atoms with Crippen molar-refractivity contribution in [1.29, 1.82) is 0 Å². The minimum atomic E-state index is -3.72. The van der Waals surface area contributed by atoms with Gasteiger partial charge in [0.05, 0.1) is 27.9 Å². The summed E-state index contributed by atoms with van der Waals surface area (Å²) in [7, 11) is -2.21. The molecule has 1 heterocycles. The topological polar surface area (TPSA) is 97.4 Å². The molecule has 2 N–H and O–H groups in total. The summed E-state index contributed by atoms with van der Waals surface area (Å²) in [6.45, 7) is 1.76. The molecule has 0 fully saturated rings. The van der Waals surface area contributed by atoms with Gasteiger partial charge in [-0.3, -0.25) is 9.52 Å². The fourth-order valence-corrected chi connectivity index (χ4v) is 4.13. The Labute approximate surface area is 155 Å². The van der Waals surface area contributed by atoms with Gasteiger partial charge in [0.25, 0.3) is 10.0 Å². The van der Waals surface area contributed by atoms with Crippen LogP contribution in [0.2, 0.25) is 0 Å². The smallest absolute Gasteiger partial charge is 0.261 e. The second-order valence-electron chi connectivity index (χ2n) is 5.38. The highest BCUT2D eigenvalue weighted by Crippen LogP contribution is 2.29. The van der Waals surface area contributed by atoms with Crippen molar-refractivity contribution in [2.75, 3.05) is 17.1 Å². The molecule has 0 unspecified atom stereocenters. The van der Waals surface area contributed by atoms with E-state index in [1.807, 2.05) is 0 Å². The average molecular weight is 391 g/mol. The maximum atomic E-state index is 12.5. The van der Waals surface area contributed by atoms with Crippen LogP contribution in [-0.4, -0.2) is 26.4 Å². The van der Waals surface area contributed by atoms with Crippen LogP contribution < -0.4 is 14.8 Å². The van der Waals surface area contributed by atoms with E-state index in [0.29, 0.717) is 28.5 Å². The zero-order valence-corrected chi connectivity index (χ0v) is 15.8. The number of benzene rings is 2. The number of anilines is 2. The minimum absolute atomic E-state index is 0.121. The Bertz CT molecular complexity index is 1040. The molecule has 0 atom stereocenters. The van der Waals surface area contributed by atoms with Crippen molar-refractivity contribution in [3.8, 4) is 5.75 Å². The molecule has 0 saturated heterocycles. The Kier molecular flexibility index (Phi) is 5.10. The number of ether oxygens (including phenoxy) is 1. The van der Waals surface area contributed by atoms with Crippen molar-refractivity contribution >= 4 is 48.3 Å². The van der Waals surface area contributed by atoms with Gasteiger partial charge in [-0.1, -0.05) is 18.3 Å². The van der Waals surface area contributed by atoms with Crippen LogP contribution in [0.4, 0.5) is 10.8 Å². The SMILES string of the molecule is CCC(=O)Nc1nc2cc(NS(=O)(=O)c3ccc(OC)cc3)ccc2s1. The zero-order valence-electron chi connectivity index (χ0n) is 14.1. The molecule has 9 heteroatoms. The number of carbonyl (C=O) groups is 1. The van der Waals surface area contributed by atoms with Crippen LogP contribution >= 0.6 is 11.3 Å². The van der Waals surface area contributed by atoms with Crippen LogP contribution in [0.3, 0.4) is 0 Å². The predicted octanol–water partition coefficient (Wildman–Crippen LogP) is 3.45. The van der Waals surface area contributed by atoms with Gasteiger partial charge >= 0.3 is 0 Å². The van der Waals surface area contributed by atoms with Gasteiger partial charge < -0.3 is 10.1 Å². The number of thiazole rings is 1. The highest BCUT2D eigenvalue weighted by atomic mass is 32.2. The summed E-state index contributed by atoms with van der Waals surface area (Å²) in [5, 5.41) is 3.19. The van der Waals surface area contributed by atoms with Crippen LogP contribution in [0.5, 0.6) is 5.75 Å². The number of rotatable bonds is 6. The molecule has 1 aromatic heterocycles. The minimum Gasteiger partial charge on any atom is -0.497 e. The molecule has 0 spiro atoms. The first-order valence-corrected chi connectivity index (χ1v) is 10.1. The van der Waals surface area contributed by atoms with Gasteiger partial charge in [-0.2, -0.15) is 0 Å². The van der Waals surface area contributed by atoms with Crippen LogP contribution in [-0.2, 0) is 14.8 Å². The van der Waals surface area contributed by atoms with E-state index in [-0.39, 0.29) is 10.8 Å². The fourth-order valence-electron chi connectivity index (χ4n) is 2.22. The molecule has 0 saturated carbocycles. The standard InChI is InChI=1S/C17H17N3O4S2/c1-3-16(21)19-17-18-14-10-11(4-9-15(14)25-17)20-26(22,23)13-7-5-12(24-2)6-8-13/h4-10,20H,3H2,1-2H3,(H,18,19,21). The summed E-state index contributed by atoms with van der Waals surface area (Å²) in [5.74, 6) is 0.457. The monoisotopic (exact) mass is 391 g/mol. The number of sulfonamides is 1. The lowest BCUT2D eigenvalue weighted by molar-refractivity contribution is -0.115. The molecule has 2 aromatic carbocycles. The van der Waals surface area contributed by atoms with Crippen molar-refractivity contribution in [2.45, 2.75) is 18.2 Å². The second-order valence-corrected chi connectivity index (χ2v) is 8.10. The molecule has 0 radical (unpaired) electrons. The maximum Gasteiger partial charge on any atom is 0.261 e. The number of nitrogens with zero attached hydrogens (tertiary/aromatic N) is 1. The lowest BCUT2D eigenvalue weighted by atomic mass is 10.3. The molecule has 0 bridgehead atoms. The zero-order chi connectivity index (χ0) is 18.7. The summed E-state index contributed by atoms with van der Waals surface area (Å²) in [4.78, 5) is 15.9. The lowest BCUT2D eigenvalue weighted by Crippen LogP contribution is -2.12. The number of hydrogen-bond donors (Lipinski definition) is 2. The van der Waals surface area contributed by atoms with Crippen molar-refractivity contribution in [3.63, 3.8) is 0 Å². The van der Waals surface area contributed by atoms with E-state index in [9.17, 15) is 13.2 Å². The molecular formula is C17H17N3O4S2. The number of fused-ring (bicyclic) bond motifs is 1. The van der Waals surface area contributed by atoms with Crippen LogP contribution in [0.15, 0.2) is 47.4 Å². The van der Waals surface area contributed by atoms with E-state index in [0.717, 1.165) is 4.70 Å². The Hall–Kier alpha value is -2.65. The van der Waals surface area contributed by atoms with E-state index in [1.54, 1.807) is 37.3 Å². The molecule has 0 aliphatic heterocycles. The summed E-state index contributed by atoms with van der Waals surface area (Å²) in [6.07, 6.45) is 0.364. The molecule has 136 valence electrons. The highest BCUT2D eigenvalue weighted by molar-refractivity contribution is 7.92. The third-order valence-corrected chi connectivity index (χ3v) is 5.93. The largest absolute Gasteiger partial charge is 0.497 e. The van der Waals surface area contributed by atoms with Gasteiger partial charge in [0.15, 0.2) is 5.13 Å². The van der Waals surface area contributed by atoms with E-state index in [1.165, 1.54) is 30.6 Å². The fraction of sp³-hybridized carbons (Fsp3) is 0.176. The average Bonchev–Trinajstić information content (AvgIpc) is 3.02. The Balaban J connectivity index is 1.84. The van der Waals surface area contributed by atoms with Gasteiger partial charge in [-0.15, -0.1) is 0 Å². The number of nitrogens with one attached hydrogen (secondary N) is 2. The molecule has 7 nitrogen and oxygen atoms in total. The van der Waals surface area contributed by atoms with Crippen molar-refractivity contribution in [3.05, 3.63) is 42.5 Å². The summed E-state index contributed by atoms with van der Waals surface area (Å²) < 4.78 is 33.4. The quantitative estimate of drug-likeness (QED) is 0.671. The number of methoxy groups -OCH3 is 1. The molecule has 0 aliphatic carbocycles. The van der Waals surface area contributed by atoms with Gasteiger partial charge in [-0.25, -0.2) is 13.4 Å². The summed E-state index contributed by atoms with van der Waals surface area (Å²) >= 11 is 1.33. The maximum absolute atomic E-state index is 12.5. The normalized spacial score (nSPS) is 11.3. The molecule has 26 heavy (non-hydrogen) atoms. The molecule has 3 aromatic rings. The number of carbonyl (C=O) groups excluding carboxylic acids is 1. The first kappa shape index (κ1) is 18.2. The third-order valence-electron chi connectivity index (χ3n) is 3.58. The molecule has 0 aliphatic rings. The van der Waals surface area contributed by atoms with E-state index >= 15 is 0 Å².